The smallest absolute Gasteiger partial charge is 0.229 e. The maximum absolute atomic E-state index is 13.4. The molecular formula is C25H23N5O3S. The van der Waals surface area contributed by atoms with E-state index >= 15 is 0 Å². The molecule has 0 fully saturated rings. The summed E-state index contributed by atoms with van der Waals surface area (Å²) in [4.78, 5) is 4.82. The van der Waals surface area contributed by atoms with E-state index in [0.29, 0.717) is 17.9 Å². The van der Waals surface area contributed by atoms with Crippen LogP contribution in [0.2, 0.25) is 0 Å². The molecule has 1 N–H and O–H groups in total. The van der Waals surface area contributed by atoms with Crippen LogP contribution in [-0.2, 0) is 22.8 Å². The van der Waals surface area contributed by atoms with E-state index in [4.69, 9.17) is 4.74 Å². The number of ether oxygens (including phenoxy) is 1. The number of methoxy groups -OCH3 is 1. The van der Waals surface area contributed by atoms with Crippen LogP contribution in [0.25, 0.3) is 16.6 Å². The zero-order valence-corrected chi connectivity index (χ0v) is 19.6. The summed E-state index contributed by atoms with van der Waals surface area (Å²) in [6.07, 6.45) is 0.825. The van der Waals surface area contributed by atoms with Crippen LogP contribution in [0.4, 0.5) is 5.82 Å². The minimum atomic E-state index is -3.91. The van der Waals surface area contributed by atoms with E-state index in [1.807, 2.05) is 67.6 Å². The first-order valence-corrected chi connectivity index (χ1v) is 12.3. The van der Waals surface area contributed by atoms with Gasteiger partial charge in [0.15, 0.2) is 5.65 Å². The van der Waals surface area contributed by atoms with E-state index in [1.54, 1.807) is 19.2 Å². The van der Waals surface area contributed by atoms with Crippen molar-refractivity contribution in [1.82, 2.24) is 19.8 Å². The number of anilines is 1. The molecule has 0 amide bonds. The Hall–Kier alpha value is -3.98. The molecule has 0 spiro atoms. The maximum Gasteiger partial charge on any atom is 0.229 e. The summed E-state index contributed by atoms with van der Waals surface area (Å²) < 4.78 is 33.5. The minimum Gasteiger partial charge on any atom is -0.497 e. The highest BCUT2D eigenvalue weighted by molar-refractivity contribution is 7.91. The number of sulfone groups is 1. The van der Waals surface area contributed by atoms with Crippen LogP contribution < -0.4 is 10.1 Å². The molecule has 5 aromatic rings. The normalized spacial score (nSPS) is 11.7. The first kappa shape index (κ1) is 21.8. The Morgan fingerprint density at radius 2 is 1.65 bits per heavy atom. The van der Waals surface area contributed by atoms with Gasteiger partial charge in [-0.2, -0.15) is 4.52 Å². The summed E-state index contributed by atoms with van der Waals surface area (Å²) in [6, 6.07) is 22.1. The molecule has 3 aromatic carbocycles. The second-order valence-corrected chi connectivity index (χ2v) is 9.68. The van der Waals surface area contributed by atoms with Crippen LogP contribution in [0.3, 0.4) is 0 Å². The number of hydrogen-bond acceptors (Lipinski definition) is 7. The zero-order valence-electron chi connectivity index (χ0n) is 18.8. The second-order valence-electron chi connectivity index (χ2n) is 7.81. The molecule has 0 atom stereocenters. The molecule has 172 valence electrons. The molecule has 0 bridgehead atoms. The predicted molar refractivity (Wildman–Crippen MR) is 130 cm³/mol. The molecule has 0 aliphatic carbocycles. The molecule has 2 heterocycles. The highest BCUT2D eigenvalue weighted by atomic mass is 32.2. The Morgan fingerprint density at radius 1 is 0.941 bits per heavy atom. The van der Waals surface area contributed by atoms with Crippen molar-refractivity contribution in [3.8, 4) is 5.75 Å². The number of nitrogens with one attached hydrogen (secondary N) is 1. The van der Waals surface area contributed by atoms with E-state index in [-0.39, 0.29) is 15.6 Å². The number of aryl methyl sites for hydroxylation is 1. The van der Waals surface area contributed by atoms with Gasteiger partial charge in [0.1, 0.15) is 11.6 Å². The molecule has 2 aromatic heterocycles. The van der Waals surface area contributed by atoms with Gasteiger partial charge in [0.2, 0.25) is 14.9 Å². The highest BCUT2D eigenvalue weighted by Crippen LogP contribution is 2.28. The zero-order chi connectivity index (χ0) is 23.7. The molecular weight excluding hydrogens is 450 g/mol. The average Bonchev–Trinajstić information content (AvgIpc) is 3.32. The maximum atomic E-state index is 13.4. The molecule has 0 radical (unpaired) electrons. The first-order valence-electron chi connectivity index (χ1n) is 10.9. The van der Waals surface area contributed by atoms with Gasteiger partial charge in [-0.15, -0.1) is 5.10 Å². The molecule has 0 aliphatic rings. The lowest BCUT2D eigenvalue weighted by Gasteiger charge is -2.11. The third-order valence-electron chi connectivity index (χ3n) is 5.74. The summed E-state index contributed by atoms with van der Waals surface area (Å²) in [5, 5.41) is 12.1. The highest BCUT2D eigenvalue weighted by Gasteiger charge is 2.27. The lowest BCUT2D eigenvalue weighted by atomic mass is 10.2. The quantitative estimate of drug-likeness (QED) is 0.376. The number of nitrogens with zero attached hydrogens (tertiary/aromatic N) is 4. The van der Waals surface area contributed by atoms with Gasteiger partial charge in [0.25, 0.3) is 0 Å². The average molecular weight is 474 g/mol. The number of rotatable bonds is 7. The van der Waals surface area contributed by atoms with Crippen molar-refractivity contribution in [2.45, 2.75) is 29.8 Å². The Morgan fingerprint density at radius 3 is 2.35 bits per heavy atom. The van der Waals surface area contributed by atoms with Gasteiger partial charge in [-0.3, -0.25) is 0 Å². The van der Waals surface area contributed by atoms with E-state index in [9.17, 15) is 8.42 Å². The topological polar surface area (TPSA) is 98.5 Å². The van der Waals surface area contributed by atoms with Crippen LogP contribution in [0.1, 0.15) is 18.1 Å². The van der Waals surface area contributed by atoms with Crippen LogP contribution >= 0.6 is 0 Å². The molecule has 34 heavy (non-hydrogen) atoms. The fourth-order valence-corrected chi connectivity index (χ4v) is 5.03. The third kappa shape index (κ3) is 3.84. The predicted octanol–water partition coefficient (Wildman–Crippen LogP) is 4.29. The Balaban J connectivity index is 1.59. The summed E-state index contributed by atoms with van der Waals surface area (Å²) in [7, 11) is -2.28. The van der Waals surface area contributed by atoms with Crippen molar-refractivity contribution in [3.63, 3.8) is 0 Å². The van der Waals surface area contributed by atoms with Gasteiger partial charge >= 0.3 is 0 Å². The van der Waals surface area contributed by atoms with E-state index < -0.39 is 9.84 Å². The first-order chi connectivity index (χ1) is 16.5. The molecule has 9 heteroatoms. The SMILES string of the molecule is CCc1ccc(S(=O)(=O)c2nnn3c2nc(NCc2ccc(OC)cc2)c2ccccc23)cc1. The van der Waals surface area contributed by atoms with E-state index in [0.717, 1.165) is 28.7 Å². The number of benzene rings is 3. The summed E-state index contributed by atoms with van der Waals surface area (Å²) in [6.45, 7) is 2.52. The molecule has 5 rings (SSSR count). The van der Waals surface area contributed by atoms with Crippen LogP contribution in [-0.4, -0.2) is 35.3 Å². The Bertz CT molecular complexity index is 1580. The molecule has 0 aliphatic heterocycles. The van der Waals surface area contributed by atoms with Gasteiger partial charge < -0.3 is 10.1 Å². The fourth-order valence-electron chi connectivity index (χ4n) is 3.80. The van der Waals surface area contributed by atoms with Crippen molar-refractivity contribution in [2.24, 2.45) is 0 Å². The van der Waals surface area contributed by atoms with Crippen molar-refractivity contribution >= 4 is 32.2 Å². The summed E-state index contributed by atoms with van der Waals surface area (Å²) >= 11 is 0. The number of fused-ring (bicyclic) bond motifs is 3. The van der Waals surface area contributed by atoms with Crippen molar-refractivity contribution in [3.05, 3.63) is 83.9 Å². The van der Waals surface area contributed by atoms with Crippen molar-refractivity contribution in [2.75, 3.05) is 12.4 Å². The van der Waals surface area contributed by atoms with Gasteiger partial charge in [-0.25, -0.2) is 13.4 Å². The van der Waals surface area contributed by atoms with Crippen LogP contribution in [0, 0.1) is 0 Å². The van der Waals surface area contributed by atoms with Crippen LogP contribution in [0.5, 0.6) is 5.75 Å². The Labute approximate surface area is 197 Å². The lowest BCUT2D eigenvalue weighted by Crippen LogP contribution is -2.07. The summed E-state index contributed by atoms with van der Waals surface area (Å²) in [5.74, 6) is 1.33. The second kappa shape index (κ2) is 8.75. The van der Waals surface area contributed by atoms with Gasteiger partial charge in [-0.05, 0) is 53.9 Å². The Kier molecular flexibility index (Phi) is 5.62. The number of aromatic nitrogens is 4. The van der Waals surface area contributed by atoms with Crippen LogP contribution in [0.15, 0.2) is 82.7 Å². The van der Waals surface area contributed by atoms with Crippen molar-refractivity contribution < 1.29 is 13.2 Å². The fraction of sp³-hybridized carbons (Fsp3) is 0.160. The third-order valence-corrected chi connectivity index (χ3v) is 7.40. The number of para-hydroxylation sites is 1. The number of hydrogen-bond donors (Lipinski definition) is 1. The largest absolute Gasteiger partial charge is 0.497 e. The molecule has 0 saturated heterocycles. The lowest BCUT2D eigenvalue weighted by molar-refractivity contribution is 0.414. The monoisotopic (exact) mass is 473 g/mol. The van der Waals surface area contributed by atoms with E-state index in [1.165, 1.54) is 4.52 Å². The summed E-state index contributed by atoms with van der Waals surface area (Å²) in [5.41, 5.74) is 2.97. The standard InChI is InChI=1S/C25H23N5O3S/c1-3-17-10-14-20(15-11-17)34(31,32)25-24-27-23(26-16-18-8-12-19(33-2)13-9-18)21-6-4-5-7-22(21)30(24)29-28-25/h4-15H,3,16H2,1-2H3,(H,26,27). The molecule has 8 nitrogen and oxygen atoms in total. The van der Waals surface area contributed by atoms with E-state index in [2.05, 4.69) is 20.6 Å². The van der Waals surface area contributed by atoms with Gasteiger partial charge in [-0.1, -0.05) is 48.5 Å². The molecule has 0 unspecified atom stereocenters. The van der Waals surface area contributed by atoms with Gasteiger partial charge in [0, 0.05) is 11.9 Å². The van der Waals surface area contributed by atoms with Gasteiger partial charge in [0.05, 0.1) is 17.5 Å². The van der Waals surface area contributed by atoms with Crippen molar-refractivity contribution in [1.29, 1.82) is 0 Å². The molecule has 0 saturated carbocycles. The minimum absolute atomic E-state index is 0.162.